The molecule has 0 spiro atoms. The van der Waals surface area contributed by atoms with Crippen molar-refractivity contribution >= 4 is 7.82 Å². The SMILES string of the molecule is C=CO.N.O=P(O)(O)O. The lowest BCUT2D eigenvalue weighted by molar-refractivity contribution is 0.275. The summed E-state index contributed by atoms with van der Waals surface area (Å²) in [6.07, 6.45) is 0.750. The third-order valence-corrected chi connectivity index (χ3v) is 0. The van der Waals surface area contributed by atoms with E-state index in [2.05, 4.69) is 6.58 Å². The standard InChI is InChI=1S/C2H4O.H3N.H3O4P/c1-2-3;;1-5(2,3)4/h2-3H,1H2;1H3;(H3,1,2,3,4). The molecule has 0 aromatic rings. The van der Waals surface area contributed by atoms with Crippen LogP contribution in [0.3, 0.4) is 0 Å². The molecule has 58 valence electrons. The largest absolute Gasteiger partial charge is 0.516 e. The zero-order chi connectivity index (χ0) is 7.21. The number of hydrogen-bond donors (Lipinski definition) is 5. The molecule has 0 radical (unpaired) electrons. The summed E-state index contributed by atoms with van der Waals surface area (Å²) in [6.45, 7) is 2.92. The van der Waals surface area contributed by atoms with E-state index < -0.39 is 7.82 Å². The minimum absolute atomic E-state index is 0. The maximum atomic E-state index is 8.88. The Bertz CT molecular complexity index is 88.9. The van der Waals surface area contributed by atoms with Crippen molar-refractivity contribution < 1.29 is 24.4 Å². The zero-order valence-electron chi connectivity index (χ0n) is 4.64. The van der Waals surface area contributed by atoms with Crippen molar-refractivity contribution in [3.63, 3.8) is 0 Å². The topological polar surface area (TPSA) is 133 Å². The highest BCUT2D eigenvalue weighted by atomic mass is 31.2. The molecular weight excluding hydrogens is 149 g/mol. The van der Waals surface area contributed by atoms with Crippen molar-refractivity contribution in [2.75, 3.05) is 0 Å². The van der Waals surface area contributed by atoms with Gasteiger partial charge in [0.05, 0.1) is 6.26 Å². The quantitative estimate of drug-likeness (QED) is 0.248. The average Bonchev–Trinajstić information content (AvgIpc) is 1.27. The molecule has 0 unspecified atom stereocenters. The molecule has 0 heterocycles. The summed E-state index contributed by atoms with van der Waals surface area (Å²) in [4.78, 5) is 21.6. The van der Waals surface area contributed by atoms with E-state index in [0.717, 1.165) is 6.26 Å². The Balaban J connectivity index is -0.0000000800. The van der Waals surface area contributed by atoms with Crippen LogP contribution in [0.4, 0.5) is 0 Å². The smallest absolute Gasteiger partial charge is 0.466 e. The van der Waals surface area contributed by atoms with E-state index >= 15 is 0 Å². The fourth-order valence-corrected chi connectivity index (χ4v) is 0. The first-order chi connectivity index (χ1) is 3.41. The van der Waals surface area contributed by atoms with Crippen molar-refractivity contribution in [2.24, 2.45) is 0 Å². The Hall–Kier alpha value is -0.390. The average molecular weight is 159 g/mol. The highest BCUT2D eigenvalue weighted by Gasteiger charge is 2.00. The van der Waals surface area contributed by atoms with Crippen LogP contribution in [0.1, 0.15) is 0 Å². The fourth-order valence-electron chi connectivity index (χ4n) is 0. The van der Waals surface area contributed by atoms with Crippen LogP contribution >= 0.6 is 7.82 Å². The Kier molecular flexibility index (Phi) is 13.4. The molecule has 7 N–H and O–H groups in total. The van der Waals surface area contributed by atoms with Gasteiger partial charge in [0.25, 0.3) is 0 Å². The Morgan fingerprint density at radius 2 is 1.33 bits per heavy atom. The van der Waals surface area contributed by atoms with E-state index in [-0.39, 0.29) is 6.15 Å². The molecular formula is C2H10NO5P. The molecule has 0 aromatic carbocycles. The summed E-state index contributed by atoms with van der Waals surface area (Å²) in [5.41, 5.74) is 0. The van der Waals surface area contributed by atoms with Crippen LogP contribution < -0.4 is 6.15 Å². The van der Waals surface area contributed by atoms with Gasteiger partial charge in [0.1, 0.15) is 0 Å². The summed E-state index contributed by atoms with van der Waals surface area (Å²) in [5, 5.41) is 7.33. The van der Waals surface area contributed by atoms with Gasteiger partial charge in [-0.05, 0) is 0 Å². The normalized spacial score (nSPS) is 7.89. The van der Waals surface area contributed by atoms with Crippen LogP contribution in [0.2, 0.25) is 0 Å². The number of aliphatic hydroxyl groups excluding tert-OH is 1. The summed E-state index contributed by atoms with van der Waals surface area (Å²) in [6, 6.07) is 0. The van der Waals surface area contributed by atoms with Crippen LogP contribution in [0.5, 0.6) is 0 Å². The van der Waals surface area contributed by atoms with Crippen molar-refractivity contribution in [3.05, 3.63) is 12.8 Å². The van der Waals surface area contributed by atoms with Gasteiger partial charge >= 0.3 is 7.82 Å². The summed E-state index contributed by atoms with van der Waals surface area (Å²) in [5.74, 6) is 0. The molecule has 0 atom stereocenters. The van der Waals surface area contributed by atoms with E-state index in [1.165, 1.54) is 0 Å². The van der Waals surface area contributed by atoms with Crippen LogP contribution in [0.25, 0.3) is 0 Å². The van der Waals surface area contributed by atoms with Gasteiger partial charge in [-0.15, -0.1) is 0 Å². The van der Waals surface area contributed by atoms with E-state index in [9.17, 15) is 0 Å². The van der Waals surface area contributed by atoms with Gasteiger partial charge in [0, 0.05) is 0 Å². The van der Waals surface area contributed by atoms with E-state index in [4.69, 9.17) is 24.4 Å². The molecule has 0 bridgehead atoms. The van der Waals surface area contributed by atoms with Crippen molar-refractivity contribution in [1.29, 1.82) is 0 Å². The summed E-state index contributed by atoms with van der Waals surface area (Å²) in [7, 11) is -4.64. The van der Waals surface area contributed by atoms with Gasteiger partial charge in [-0.25, -0.2) is 4.57 Å². The Morgan fingerprint density at radius 1 is 1.33 bits per heavy atom. The first kappa shape index (κ1) is 15.8. The molecule has 7 heteroatoms. The first-order valence-corrected chi connectivity index (χ1v) is 3.01. The molecule has 0 aliphatic heterocycles. The van der Waals surface area contributed by atoms with Crippen molar-refractivity contribution in [2.45, 2.75) is 0 Å². The molecule has 0 saturated heterocycles. The van der Waals surface area contributed by atoms with Crippen LogP contribution in [0.15, 0.2) is 12.8 Å². The lowest BCUT2D eigenvalue weighted by Crippen LogP contribution is -1.66. The Labute approximate surface area is 52.3 Å². The lowest BCUT2D eigenvalue weighted by atomic mass is 11.2. The van der Waals surface area contributed by atoms with E-state index in [1.54, 1.807) is 0 Å². The molecule has 9 heavy (non-hydrogen) atoms. The molecule has 0 amide bonds. The fraction of sp³-hybridized carbons (Fsp3) is 0. The molecule has 0 aliphatic carbocycles. The van der Waals surface area contributed by atoms with Gasteiger partial charge in [0.2, 0.25) is 0 Å². The van der Waals surface area contributed by atoms with Gasteiger partial charge in [-0.3, -0.25) is 0 Å². The lowest BCUT2D eigenvalue weighted by Gasteiger charge is -1.82. The monoisotopic (exact) mass is 159 g/mol. The molecule has 0 rings (SSSR count). The highest BCUT2D eigenvalue weighted by Crippen LogP contribution is 2.25. The second kappa shape index (κ2) is 7.61. The third kappa shape index (κ3) is 1570. The zero-order valence-corrected chi connectivity index (χ0v) is 5.53. The molecule has 6 nitrogen and oxygen atoms in total. The van der Waals surface area contributed by atoms with Gasteiger partial charge in [-0.1, -0.05) is 6.58 Å². The molecule has 0 aliphatic rings. The number of rotatable bonds is 0. The molecule has 0 fully saturated rings. The minimum atomic E-state index is -4.64. The number of phosphoric acid groups is 1. The predicted molar refractivity (Wildman–Crippen MR) is 32.1 cm³/mol. The van der Waals surface area contributed by atoms with E-state index in [0.29, 0.717) is 0 Å². The third-order valence-electron chi connectivity index (χ3n) is 0. The number of hydrogen-bond acceptors (Lipinski definition) is 3. The second-order valence-electron chi connectivity index (χ2n) is 0.696. The first-order valence-electron chi connectivity index (χ1n) is 1.45. The molecule has 0 saturated carbocycles. The maximum absolute atomic E-state index is 8.88. The number of aliphatic hydroxyl groups is 1. The molecule has 0 aromatic heterocycles. The second-order valence-corrected chi connectivity index (χ2v) is 1.72. The summed E-state index contributed by atoms with van der Waals surface area (Å²) < 4.78 is 8.88. The Morgan fingerprint density at radius 3 is 1.33 bits per heavy atom. The van der Waals surface area contributed by atoms with Crippen molar-refractivity contribution in [3.8, 4) is 0 Å². The van der Waals surface area contributed by atoms with Crippen LogP contribution in [0, 0.1) is 0 Å². The van der Waals surface area contributed by atoms with Crippen LogP contribution in [-0.2, 0) is 4.57 Å². The van der Waals surface area contributed by atoms with Crippen molar-refractivity contribution in [1.82, 2.24) is 6.15 Å². The van der Waals surface area contributed by atoms with E-state index in [1.807, 2.05) is 0 Å². The maximum Gasteiger partial charge on any atom is 0.466 e. The minimum Gasteiger partial charge on any atom is -0.516 e. The van der Waals surface area contributed by atoms with Gasteiger partial charge < -0.3 is 25.9 Å². The van der Waals surface area contributed by atoms with Crippen LogP contribution in [-0.4, -0.2) is 19.8 Å². The van der Waals surface area contributed by atoms with Gasteiger partial charge in [-0.2, -0.15) is 0 Å². The summed E-state index contributed by atoms with van der Waals surface area (Å²) >= 11 is 0. The van der Waals surface area contributed by atoms with Gasteiger partial charge in [0.15, 0.2) is 0 Å². The predicted octanol–water partition coefficient (Wildman–Crippen LogP) is -0.0787. The highest BCUT2D eigenvalue weighted by molar-refractivity contribution is 7.45.